The van der Waals surface area contributed by atoms with Gasteiger partial charge in [-0.25, -0.2) is 0 Å². The summed E-state index contributed by atoms with van der Waals surface area (Å²) in [6.07, 6.45) is 20.6. The Labute approximate surface area is 107 Å². The second-order valence-corrected chi connectivity index (χ2v) is 4.60. The van der Waals surface area contributed by atoms with Crippen molar-refractivity contribution in [1.29, 1.82) is 0 Å². The second kappa shape index (κ2) is 15.4. The highest BCUT2D eigenvalue weighted by molar-refractivity contribution is 5.02. The van der Waals surface area contributed by atoms with Crippen LogP contribution in [0.2, 0.25) is 0 Å². The summed E-state index contributed by atoms with van der Waals surface area (Å²) in [4.78, 5) is 0. The topological polar surface area (TPSA) is 0 Å². The molecule has 0 saturated carbocycles. The number of alkyl halides is 1. The third-order valence-electron chi connectivity index (χ3n) is 2.86. The van der Waals surface area contributed by atoms with E-state index in [1.165, 1.54) is 44.9 Å². The average molecular weight is 240 g/mol. The van der Waals surface area contributed by atoms with Crippen molar-refractivity contribution in [3.05, 3.63) is 24.3 Å². The summed E-state index contributed by atoms with van der Waals surface area (Å²) in [6, 6.07) is 0. The van der Waals surface area contributed by atoms with Gasteiger partial charge in [-0.05, 0) is 32.1 Å². The maximum absolute atomic E-state index is 11.8. The predicted molar refractivity (Wildman–Crippen MR) is 76.1 cm³/mol. The van der Waals surface area contributed by atoms with Crippen molar-refractivity contribution < 1.29 is 4.39 Å². The van der Waals surface area contributed by atoms with Gasteiger partial charge < -0.3 is 0 Å². The zero-order valence-electron chi connectivity index (χ0n) is 11.5. The molecule has 0 aromatic rings. The zero-order chi connectivity index (χ0) is 12.6. The fraction of sp³-hybridized carbons (Fsp3) is 0.750. The highest BCUT2D eigenvalue weighted by Gasteiger charge is 1.88. The highest BCUT2D eigenvalue weighted by atomic mass is 19.1. The fourth-order valence-corrected chi connectivity index (χ4v) is 1.75. The lowest BCUT2D eigenvalue weighted by Gasteiger charge is -1.96. The van der Waals surface area contributed by atoms with Crippen LogP contribution in [0.25, 0.3) is 0 Å². The Morgan fingerprint density at radius 3 is 1.82 bits per heavy atom. The van der Waals surface area contributed by atoms with E-state index >= 15 is 0 Å². The van der Waals surface area contributed by atoms with E-state index in [0.717, 1.165) is 19.3 Å². The molecule has 0 bridgehead atoms. The Balaban J connectivity index is 3.13. The maximum Gasteiger partial charge on any atom is 0.0894 e. The minimum atomic E-state index is -0.150. The molecule has 0 saturated heterocycles. The smallest absolute Gasteiger partial charge is 0.0894 e. The molecular formula is C16H29F. The molecular weight excluding hydrogens is 211 g/mol. The molecule has 17 heavy (non-hydrogen) atoms. The molecule has 0 nitrogen and oxygen atoms in total. The first-order valence-electron chi connectivity index (χ1n) is 7.29. The molecule has 0 fully saturated rings. The Bertz CT molecular complexity index is 182. The number of hydrogen-bond acceptors (Lipinski definition) is 0. The summed E-state index contributed by atoms with van der Waals surface area (Å²) in [7, 11) is 0. The summed E-state index contributed by atoms with van der Waals surface area (Å²) in [5, 5.41) is 0. The van der Waals surface area contributed by atoms with E-state index in [1.54, 1.807) is 0 Å². The molecule has 0 heterocycles. The molecule has 0 spiro atoms. The third kappa shape index (κ3) is 15.4. The fourth-order valence-electron chi connectivity index (χ4n) is 1.75. The van der Waals surface area contributed by atoms with Crippen LogP contribution in [0.4, 0.5) is 4.39 Å². The predicted octanol–water partition coefficient (Wildman–Crippen LogP) is 5.99. The van der Waals surface area contributed by atoms with E-state index in [9.17, 15) is 4.39 Å². The molecule has 0 amide bonds. The third-order valence-corrected chi connectivity index (χ3v) is 2.86. The van der Waals surface area contributed by atoms with Crippen LogP contribution in [-0.4, -0.2) is 6.67 Å². The van der Waals surface area contributed by atoms with Crippen molar-refractivity contribution in [2.45, 2.75) is 71.1 Å². The van der Waals surface area contributed by atoms with Gasteiger partial charge in [0, 0.05) is 0 Å². The van der Waals surface area contributed by atoms with Gasteiger partial charge in [-0.15, -0.1) is 0 Å². The van der Waals surface area contributed by atoms with Gasteiger partial charge in [0.1, 0.15) is 0 Å². The molecule has 0 radical (unpaired) electrons. The van der Waals surface area contributed by atoms with Crippen LogP contribution in [0.5, 0.6) is 0 Å². The number of rotatable bonds is 12. The van der Waals surface area contributed by atoms with Crippen molar-refractivity contribution in [1.82, 2.24) is 0 Å². The molecule has 0 unspecified atom stereocenters. The first-order chi connectivity index (χ1) is 8.41. The SMILES string of the molecule is CCCCCC=CC=CCCCCCCCF. The lowest BCUT2D eigenvalue weighted by molar-refractivity contribution is 0.451. The zero-order valence-corrected chi connectivity index (χ0v) is 11.5. The van der Waals surface area contributed by atoms with Crippen LogP contribution in [0.15, 0.2) is 24.3 Å². The molecule has 100 valence electrons. The molecule has 0 rings (SSSR count). The Morgan fingerprint density at radius 1 is 0.706 bits per heavy atom. The van der Waals surface area contributed by atoms with E-state index < -0.39 is 0 Å². The van der Waals surface area contributed by atoms with Crippen molar-refractivity contribution in [3.63, 3.8) is 0 Å². The largest absolute Gasteiger partial charge is 0.251 e. The van der Waals surface area contributed by atoms with Gasteiger partial charge in [0.05, 0.1) is 6.67 Å². The van der Waals surface area contributed by atoms with Crippen LogP contribution in [0.3, 0.4) is 0 Å². The van der Waals surface area contributed by atoms with Crippen molar-refractivity contribution in [3.8, 4) is 0 Å². The van der Waals surface area contributed by atoms with Crippen molar-refractivity contribution >= 4 is 0 Å². The Morgan fingerprint density at radius 2 is 1.24 bits per heavy atom. The quantitative estimate of drug-likeness (QED) is 0.290. The van der Waals surface area contributed by atoms with Crippen LogP contribution < -0.4 is 0 Å². The van der Waals surface area contributed by atoms with Crippen molar-refractivity contribution in [2.75, 3.05) is 6.67 Å². The van der Waals surface area contributed by atoms with Crippen LogP contribution in [-0.2, 0) is 0 Å². The maximum atomic E-state index is 11.8. The summed E-state index contributed by atoms with van der Waals surface area (Å²) in [5.41, 5.74) is 0. The highest BCUT2D eigenvalue weighted by Crippen LogP contribution is 2.06. The average Bonchev–Trinajstić information content (AvgIpc) is 2.35. The van der Waals surface area contributed by atoms with E-state index in [-0.39, 0.29) is 6.67 Å². The van der Waals surface area contributed by atoms with Crippen LogP contribution in [0, 0.1) is 0 Å². The van der Waals surface area contributed by atoms with Gasteiger partial charge in [-0.1, -0.05) is 63.3 Å². The van der Waals surface area contributed by atoms with Crippen LogP contribution >= 0.6 is 0 Å². The summed E-state index contributed by atoms with van der Waals surface area (Å²) in [5.74, 6) is 0. The molecule has 0 aliphatic rings. The van der Waals surface area contributed by atoms with Gasteiger partial charge >= 0.3 is 0 Å². The van der Waals surface area contributed by atoms with Crippen LogP contribution in [0.1, 0.15) is 71.1 Å². The van der Waals surface area contributed by atoms with Gasteiger partial charge in [0.2, 0.25) is 0 Å². The molecule has 0 aliphatic carbocycles. The number of halogens is 1. The Hall–Kier alpha value is -0.590. The molecule has 0 aromatic heterocycles. The first-order valence-corrected chi connectivity index (χ1v) is 7.29. The second-order valence-electron chi connectivity index (χ2n) is 4.60. The summed E-state index contributed by atoms with van der Waals surface area (Å²) in [6.45, 7) is 2.08. The van der Waals surface area contributed by atoms with Crippen molar-refractivity contribution in [2.24, 2.45) is 0 Å². The summed E-state index contributed by atoms with van der Waals surface area (Å²) < 4.78 is 11.8. The lowest BCUT2D eigenvalue weighted by Crippen LogP contribution is -1.79. The normalized spacial score (nSPS) is 11.9. The molecule has 0 aliphatic heterocycles. The monoisotopic (exact) mass is 240 g/mol. The van der Waals surface area contributed by atoms with Gasteiger partial charge in [0.25, 0.3) is 0 Å². The number of unbranched alkanes of at least 4 members (excludes halogenated alkanes) is 8. The summed E-state index contributed by atoms with van der Waals surface area (Å²) >= 11 is 0. The first kappa shape index (κ1) is 16.4. The number of hydrogen-bond donors (Lipinski definition) is 0. The van der Waals surface area contributed by atoms with E-state index in [2.05, 4.69) is 31.2 Å². The van der Waals surface area contributed by atoms with E-state index in [0.29, 0.717) is 0 Å². The van der Waals surface area contributed by atoms with E-state index in [1.807, 2.05) is 0 Å². The molecule has 0 aromatic carbocycles. The van der Waals surface area contributed by atoms with E-state index in [4.69, 9.17) is 0 Å². The molecule has 0 atom stereocenters. The minimum Gasteiger partial charge on any atom is -0.251 e. The van der Waals surface area contributed by atoms with Gasteiger partial charge in [-0.3, -0.25) is 4.39 Å². The van der Waals surface area contributed by atoms with Gasteiger partial charge in [0.15, 0.2) is 0 Å². The molecule has 0 N–H and O–H groups in total. The van der Waals surface area contributed by atoms with Gasteiger partial charge in [-0.2, -0.15) is 0 Å². The Kier molecular flexibility index (Phi) is 14.9. The minimum absolute atomic E-state index is 0.150. The standard InChI is InChI=1S/C16H29F/c1-2-3-4-5-6-7-8-9-10-11-12-13-14-15-16-17/h6-9H,2-5,10-16H2,1H3. The number of allylic oxidation sites excluding steroid dienone is 4. The molecule has 1 heteroatoms. The lowest BCUT2D eigenvalue weighted by atomic mass is 10.1.